The summed E-state index contributed by atoms with van der Waals surface area (Å²) in [5, 5.41) is 15.4. The Labute approximate surface area is 199 Å². The van der Waals surface area contributed by atoms with Crippen LogP contribution in [0.2, 0.25) is 0 Å². The summed E-state index contributed by atoms with van der Waals surface area (Å²) in [6.45, 7) is -1.35. The molecule has 0 bridgehead atoms. The van der Waals surface area contributed by atoms with Crippen LogP contribution in [0, 0.1) is 10.1 Å². The Bertz CT molecular complexity index is 1330. The monoisotopic (exact) mass is 506 g/mol. The van der Waals surface area contributed by atoms with Gasteiger partial charge in [-0.15, -0.1) is 0 Å². The van der Waals surface area contributed by atoms with E-state index in [4.69, 9.17) is 4.74 Å². The number of nitrogens with zero attached hydrogens (tertiary/aromatic N) is 2. The van der Waals surface area contributed by atoms with Crippen LogP contribution in [0.15, 0.2) is 76.7 Å². The van der Waals surface area contributed by atoms with Crippen LogP contribution in [0.1, 0.15) is 12.5 Å². The minimum absolute atomic E-state index is 0.0198. The highest BCUT2D eigenvalue weighted by Crippen LogP contribution is 2.29. The number of methoxy groups -OCH3 is 1. The number of ether oxygens (including phenoxy) is 2. The first-order chi connectivity index (χ1) is 16.6. The molecule has 0 heterocycles. The third kappa shape index (κ3) is 6.63. The summed E-state index contributed by atoms with van der Waals surface area (Å²) in [6.07, 6.45) is 0. The molecule has 3 rings (SSSR count). The van der Waals surface area contributed by atoms with Crippen molar-refractivity contribution < 1.29 is 31.6 Å². The zero-order valence-electron chi connectivity index (χ0n) is 18.4. The molecule has 0 spiro atoms. The van der Waals surface area contributed by atoms with Gasteiger partial charge in [0.25, 0.3) is 15.7 Å². The molecule has 0 atom stereocenters. The molecule has 0 amide bonds. The summed E-state index contributed by atoms with van der Waals surface area (Å²) in [5.74, 6) is 0.488. The number of rotatable bonds is 10. The van der Waals surface area contributed by atoms with Gasteiger partial charge < -0.3 is 9.47 Å². The van der Waals surface area contributed by atoms with Gasteiger partial charge in [0.1, 0.15) is 16.4 Å². The van der Waals surface area contributed by atoms with E-state index < -0.39 is 32.1 Å². The van der Waals surface area contributed by atoms with Crippen molar-refractivity contribution in [3.63, 3.8) is 0 Å². The first-order valence-electron chi connectivity index (χ1n) is 9.90. The summed E-state index contributed by atoms with van der Waals surface area (Å²) in [6, 6.07) is 15.0. The third-order valence-corrected chi connectivity index (χ3v) is 6.07. The molecule has 0 unspecified atom stereocenters. The number of anilines is 2. The Morgan fingerprint density at radius 1 is 1.03 bits per heavy atom. The predicted octanol–water partition coefficient (Wildman–Crippen LogP) is 4.84. The first-order valence-corrected chi connectivity index (χ1v) is 11.4. The zero-order chi connectivity index (χ0) is 25.6. The van der Waals surface area contributed by atoms with E-state index in [1.54, 1.807) is 19.1 Å². The third-order valence-electron chi connectivity index (χ3n) is 4.65. The van der Waals surface area contributed by atoms with E-state index in [1.165, 1.54) is 49.6 Å². The van der Waals surface area contributed by atoms with Crippen molar-refractivity contribution >= 4 is 32.8 Å². The van der Waals surface area contributed by atoms with Crippen LogP contribution in [-0.4, -0.2) is 32.8 Å². The second-order valence-electron chi connectivity index (χ2n) is 6.98. The molecule has 0 aliphatic carbocycles. The van der Waals surface area contributed by atoms with Crippen LogP contribution >= 0.6 is 0 Å². The van der Waals surface area contributed by atoms with Gasteiger partial charge in [-0.05, 0) is 67.1 Å². The van der Waals surface area contributed by atoms with Crippen LogP contribution in [0.3, 0.4) is 0 Å². The van der Waals surface area contributed by atoms with Gasteiger partial charge in [-0.3, -0.25) is 20.3 Å². The summed E-state index contributed by atoms with van der Waals surface area (Å²) in [7, 11) is -2.80. The van der Waals surface area contributed by atoms with Crippen molar-refractivity contribution in [3.05, 3.63) is 82.4 Å². The number of halogens is 2. The lowest BCUT2D eigenvalue weighted by molar-refractivity contribution is -0.385. The summed E-state index contributed by atoms with van der Waals surface area (Å²) in [4.78, 5) is 10.1. The Morgan fingerprint density at radius 3 is 2.23 bits per heavy atom. The van der Waals surface area contributed by atoms with Crippen molar-refractivity contribution in [3.8, 4) is 11.5 Å². The van der Waals surface area contributed by atoms with Crippen LogP contribution in [0.5, 0.6) is 11.5 Å². The summed E-state index contributed by atoms with van der Waals surface area (Å²) in [5.41, 5.74) is 3.31. The van der Waals surface area contributed by atoms with Gasteiger partial charge in [-0.2, -0.15) is 13.9 Å². The number of alkyl halides is 2. The molecule has 10 nitrogen and oxygen atoms in total. The van der Waals surface area contributed by atoms with E-state index >= 15 is 0 Å². The minimum atomic E-state index is -4.26. The molecule has 0 fully saturated rings. The van der Waals surface area contributed by atoms with Crippen LogP contribution in [-0.2, 0) is 10.0 Å². The van der Waals surface area contributed by atoms with Crippen molar-refractivity contribution in [2.75, 3.05) is 17.3 Å². The number of non-ortho nitro benzene ring substituents is 1. The molecule has 0 radical (unpaired) electrons. The van der Waals surface area contributed by atoms with E-state index in [0.29, 0.717) is 17.0 Å². The lowest BCUT2D eigenvalue weighted by atomic mass is 10.1. The molecular formula is C22H20F2N4O6S. The molecule has 184 valence electrons. The second-order valence-corrected chi connectivity index (χ2v) is 8.63. The van der Waals surface area contributed by atoms with Crippen LogP contribution in [0.4, 0.5) is 25.8 Å². The number of benzene rings is 3. The average molecular weight is 506 g/mol. The van der Waals surface area contributed by atoms with Crippen molar-refractivity contribution in [2.24, 2.45) is 5.10 Å². The maximum atomic E-state index is 13.1. The van der Waals surface area contributed by atoms with E-state index in [9.17, 15) is 27.3 Å². The number of nitro groups is 1. The largest absolute Gasteiger partial charge is 0.497 e. The van der Waals surface area contributed by atoms with Crippen molar-refractivity contribution in [1.82, 2.24) is 0 Å². The normalized spacial score (nSPS) is 11.7. The molecule has 0 aromatic heterocycles. The van der Waals surface area contributed by atoms with Gasteiger partial charge in [0.15, 0.2) is 0 Å². The SMILES string of the molecule is COc1ccc(NS(=O)(=O)c2cc([N+](=O)[O-])ccc2NN=C(C)c2ccc(OC(F)F)cc2)cc1. The number of hydrogen-bond acceptors (Lipinski definition) is 8. The lowest BCUT2D eigenvalue weighted by Crippen LogP contribution is -2.15. The fraction of sp³-hybridized carbons (Fsp3) is 0.136. The molecule has 13 heteroatoms. The Kier molecular flexibility index (Phi) is 7.81. The quantitative estimate of drug-likeness (QED) is 0.228. The summed E-state index contributed by atoms with van der Waals surface area (Å²) >= 11 is 0. The van der Waals surface area contributed by atoms with Gasteiger partial charge in [0.2, 0.25) is 0 Å². The molecule has 0 saturated carbocycles. The first kappa shape index (κ1) is 25.4. The fourth-order valence-corrected chi connectivity index (χ4v) is 4.13. The summed E-state index contributed by atoms with van der Waals surface area (Å²) < 4.78 is 62.5. The number of hydrazone groups is 1. The van der Waals surface area contributed by atoms with E-state index in [2.05, 4.69) is 20.0 Å². The Hall–Kier alpha value is -4.26. The van der Waals surface area contributed by atoms with Gasteiger partial charge in [-0.25, -0.2) is 8.42 Å². The van der Waals surface area contributed by atoms with Crippen LogP contribution < -0.4 is 19.6 Å². The van der Waals surface area contributed by atoms with Gasteiger partial charge in [0.05, 0.1) is 23.4 Å². The smallest absolute Gasteiger partial charge is 0.387 e. The van der Waals surface area contributed by atoms with Crippen LogP contribution in [0.25, 0.3) is 0 Å². The molecule has 3 aromatic rings. The van der Waals surface area contributed by atoms with E-state index in [-0.39, 0.29) is 17.1 Å². The fourth-order valence-electron chi connectivity index (χ4n) is 2.89. The molecule has 35 heavy (non-hydrogen) atoms. The maximum absolute atomic E-state index is 13.1. The number of nitro benzene ring substituents is 1. The number of nitrogens with one attached hydrogen (secondary N) is 2. The standard InChI is InChI=1S/C22H20F2N4O6S/c1-14(15-3-8-19(9-4-15)34-22(23)24)25-26-20-12-7-17(28(29)30)13-21(20)35(31,32)27-16-5-10-18(33-2)11-6-16/h3-13,22,26-27H,1-2H3. The highest BCUT2D eigenvalue weighted by molar-refractivity contribution is 7.92. The Balaban J connectivity index is 1.89. The highest BCUT2D eigenvalue weighted by atomic mass is 32.2. The van der Waals surface area contributed by atoms with Crippen molar-refractivity contribution in [1.29, 1.82) is 0 Å². The van der Waals surface area contributed by atoms with E-state index in [1.807, 2.05) is 0 Å². The molecule has 0 saturated heterocycles. The minimum Gasteiger partial charge on any atom is -0.497 e. The highest BCUT2D eigenvalue weighted by Gasteiger charge is 2.23. The molecule has 2 N–H and O–H groups in total. The lowest BCUT2D eigenvalue weighted by Gasteiger charge is -2.13. The topological polar surface area (TPSA) is 132 Å². The average Bonchev–Trinajstić information content (AvgIpc) is 2.82. The molecule has 3 aromatic carbocycles. The zero-order valence-corrected chi connectivity index (χ0v) is 19.3. The number of hydrogen-bond donors (Lipinski definition) is 2. The van der Waals surface area contributed by atoms with Gasteiger partial charge in [0, 0.05) is 17.8 Å². The predicted molar refractivity (Wildman–Crippen MR) is 126 cm³/mol. The van der Waals surface area contributed by atoms with Crippen molar-refractivity contribution in [2.45, 2.75) is 18.4 Å². The maximum Gasteiger partial charge on any atom is 0.387 e. The van der Waals surface area contributed by atoms with Gasteiger partial charge in [-0.1, -0.05) is 0 Å². The molecule has 0 aliphatic rings. The second kappa shape index (κ2) is 10.8. The number of sulfonamides is 1. The molecular weight excluding hydrogens is 486 g/mol. The Morgan fingerprint density at radius 2 is 1.66 bits per heavy atom. The molecule has 0 aliphatic heterocycles. The van der Waals surface area contributed by atoms with Gasteiger partial charge >= 0.3 is 6.61 Å². The van der Waals surface area contributed by atoms with E-state index in [0.717, 1.165) is 12.1 Å².